The highest BCUT2D eigenvalue weighted by Gasteiger charge is 1.87. The van der Waals surface area contributed by atoms with E-state index in [1.807, 2.05) is 19.1 Å². The Morgan fingerprint density at radius 1 is 1.43 bits per heavy atom. The van der Waals surface area contributed by atoms with Crippen molar-refractivity contribution < 1.29 is 0 Å². The highest BCUT2D eigenvalue weighted by molar-refractivity contribution is 5.33. The van der Waals surface area contributed by atoms with Crippen molar-refractivity contribution in [1.82, 2.24) is 4.98 Å². The van der Waals surface area contributed by atoms with Crippen LogP contribution >= 0.6 is 0 Å². The van der Waals surface area contributed by atoms with Gasteiger partial charge in [0.2, 0.25) is 0 Å². The fraction of sp³-hybridized carbons (Fsp3) is 0.417. The molecule has 0 bridgehead atoms. The fourth-order valence-corrected chi connectivity index (χ4v) is 1.15. The lowest BCUT2D eigenvalue weighted by Gasteiger charge is -1.92. The summed E-state index contributed by atoms with van der Waals surface area (Å²) in [6.07, 6.45) is 4.87. The summed E-state index contributed by atoms with van der Waals surface area (Å²) in [5, 5.41) is 0. The van der Waals surface area contributed by atoms with Gasteiger partial charge in [-0.25, -0.2) is 0 Å². The molecular formula is C12H16N2. The third-order valence-corrected chi connectivity index (χ3v) is 1.89. The van der Waals surface area contributed by atoms with Gasteiger partial charge in [-0.2, -0.15) is 0 Å². The van der Waals surface area contributed by atoms with Crippen LogP contribution in [-0.2, 0) is 0 Å². The van der Waals surface area contributed by atoms with Crippen molar-refractivity contribution in [2.75, 3.05) is 6.54 Å². The molecule has 74 valence electrons. The van der Waals surface area contributed by atoms with Crippen LogP contribution in [0.2, 0.25) is 0 Å². The van der Waals surface area contributed by atoms with Crippen molar-refractivity contribution >= 4 is 0 Å². The third-order valence-electron chi connectivity index (χ3n) is 1.89. The first-order valence-electron chi connectivity index (χ1n) is 4.94. The summed E-state index contributed by atoms with van der Waals surface area (Å²) in [7, 11) is 0. The minimum Gasteiger partial charge on any atom is -0.330 e. The molecule has 0 atom stereocenters. The van der Waals surface area contributed by atoms with Gasteiger partial charge in [-0.15, -0.1) is 0 Å². The molecule has 0 unspecified atom stereocenters. The summed E-state index contributed by atoms with van der Waals surface area (Å²) in [6, 6.07) is 3.93. The van der Waals surface area contributed by atoms with Crippen LogP contribution in [0.5, 0.6) is 0 Å². The molecule has 1 aromatic heterocycles. The number of unbranched alkanes of at least 4 members (excludes halogenated alkanes) is 2. The van der Waals surface area contributed by atoms with Gasteiger partial charge in [0, 0.05) is 23.9 Å². The van der Waals surface area contributed by atoms with E-state index >= 15 is 0 Å². The number of rotatable bonds is 3. The molecule has 1 rings (SSSR count). The highest BCUT2D eigenvalue weighted by Crippen LogP contribution is 1.99. The third kappa shape index (κ3) is 4.06. The molecule has 2 heteroatoms. The van der Waals surface area contributed by atoms with E-state index in [9.17, 15) is 0 Å². The van der Waals surface area contributed by atoms with Crippen LogP contribution in [-0.4, -0.2) is 11.5 Å². The normalized spacial score (nSPS) is 9.29. The number of aromatic nitrogens is 1. The van der Waals surface area contributed by atoms with Crippen LogP contribution < -0.4 is 5.73 Å². The van der Waals surface area contributed by atoms with E-state index in [1.54, 1.807) is 6.20 Å². The Morgan fingerprint density at radius 2 is 2.29 bits per heavy atom. The second-order valence-electron chi connectivity index (χ2n) is 3.23. The van der Waals surface area contributed by atoms with Gasteiger partial charge in [0.1, 0.15) is 0 Å². The fourth-order valence-electron chi connectivity index (χ4n) is 1.15. The molecule has 0 amide bonds. The van der Waals surface area contributed by atoms with E-state index in [0.29, 0.717) is 0 Å². The van der Waals surface area contributed by atoms with E-state index in [1.165, 1.54) is 0 Å². The maximum atomic E-state index is 5.39. The Labute approximate surface area is 85.5 Å². The average Bonchev–Trinajstić information content (AvgIpc) is 2.18. The molecule has 0 radical (unpaired) electrons. The van der Waals surface area contributed by atoms with Crippen LogP contribution in [0.15, 0.2) is 18.3 Å². The van der Waals surface area contributed by atoms with Gasteiger partial charge in [0.05, 0.1) is 0 Å². The molecule has 1 aromatic rings. The lowest BCUT2D eigenvalue weighted by atomic mass is 10.2. The SMILES string of the molecule is Cc1cc(C#CCCCCN)ccn1. The predicted octanol–water partition coefficient (Wildman–Crippen LogP) is 1.87. The summed E-state index contributed by atoms with van der Waals surface area (Å²) < 4.78 is 0. The lowest BCUT2D eigenvalue weighted by molar-refractivity contribution is 0.768. The van der Waals surface area contributed by atoms with E-state index in [-0.39, 0.29) is 0 Å². The van der Waals surface area contributed by atoms with Gasteiger partial charge in [-0.1, -0.05) is 11.8 Å². The number of hydrogen-bond donors (Lipinski definition) is 1. The van der Waals surface area contributed by atoms with Gasteiger partial charge in [-0.3, -0.25) is 4.98 Å². The summed E-state index contributed by atoms with van der Waals surface area (Å²) >= 11 is 0. The molecule has 14 heavy (non-hydrogen) atoms. The largest absolute Gasteiger partial charge is 0.330 e. The summed E-state index contributed by atoms with van der Waals surface area (Å²) in [6.45, 7) is 2.73. The zero-order valence-electron chi connectivity index (χ0n) is 8.59. The first kappa shape index (κ1) is 10.7. The molecule has 2 N–H and O–H groups in total. The number of aryl methyl sites for hydroxylation is 1. The van der Waals surface area contributed by atoms with E-state index in [4.69, 9.17) is 5.73 Å². The molecule has 1 heterocycles. The van der Waals surface area contributed by atoms with E-state index in [0.717, 1.165) is 37.1 Å². The van der Waals surface area contributed by atoms with Gasteiger partial charge < -0.3 is 5.73 Å². The molecule has 0 fully saturated rings. The Kier molecular flexibility index (Phi) is 4.74. The van der Waals surface area contributed by atoms with Crippen molar-refractivity contribution in [1.29, 1.82) is 0 Å². The Morgan fingerprint density at radius 3 is 3.00 bits per heavy atom. The molecule has 0 aliphatic carbocycles. The van der Waals surface area contributed by atoms with Crippen molar-refractivity contribution in [2.24, 2.45) is 5.73 Å². The minimum atomic E-state index is 0.760. The maximum absolute atomic E-state index is 5.39. The second kappa shape index (κ2) is 6.17. The minimum absolute atomic E-state index is 0.760. The van der Waals surface area contributed by atoms with Crippen LogP contribution in [0.3, 0.4) is 0 Å². The van der Waals surface area contributed by atoms with Gasteiger partial charge in [0.15, 0.2) is 0 Å². The zero-order chi connectivity index (χ0) is 10.2. The van der Waals surface area contributed by atoms with E-state index in [2.05, 4.69) is 16.8 Å². The number of nitrogens with two attached hydrogens (primary N) is 1. The van der Waals surface area contributed by atoms with Crippen LogP contribution in [0, 0.1) is 18.8 Å². The van der Waals surface area contributed by atoms with Crippen molar-refractivity contribution in [3.8, 4) is 11.8 Å². The van der Waals surface area contributed by atoms with Crippen LogP contribution in [0.25, 0.3) is 0 Å². The van der Waals surface area contributed by atoms with Crippen LogP contribution in [0.1, 0.15) is 30.5 Å². The standard InChI is InChI=1S/C12H16N2/c1-11-10-12(7-9-14-11)6-4-2-3-5-8-13/h7,9-10H,2-3,5,8,13H2,1H3. The van der Waals surface area contributed by atoms with Gasteiger partial charge >= 0.3 is 0 Å². The smallest absolute Gasteiger partial charge is 0.0385 e. The Bertz CT molecular complexity index is 334. The lowest BCUT2D eigenvalue weighted by Crippen LogP contribution is -1.96. The number of pyridine rings is 1. The number of nitrogens with zero attached hydrogens (tertiary/aromatic N) is 1. The molecule has 2 nitrogen and oxygen atoms in total. The maximum Gasteiger partial charge on any atom is 0.0385 e. The molecule has 0 saturated carbocycles. The molecule has 0 aliphatic heterocycles. The zero-order valence-corrected chi connectivity index (χ0v) is 8.59. The van der Waals surface area contributed by atoms with Crippen molar-refractivity contribution in [3.63, 3.8) is 0 Å². The average molecular weight is 188 g/mol. The Hall–Kier alpha value is -1.33. The van der Waals surface area contributed by atoms with Crippen molar-refractivity contribution in [3.05, 3.63) is 29.6 Å². The first-order valence-corrected chi connectivity index (χ1v) is 4.94. The molecule has 0 saturated heterocycles. The first-order chi connectivity index (χ1) is 6.83. The van der Waals surface area contributed by atoms with Gasteiger partial charge in [0.25, 0.3) is 0 Å². The van der Waals surface area contributed by atoms with Gasteiger partial charge in [-0.05, 0) is 38.4 Å². The summed E-state index contributed by atoms with van der Waals surface area (Å²) in [5.41, 5.74) is 7.44. The Balaban J connectivity index is 2.43. The molecule has 0 aromatic carbocycles. The predicted molar refractivity (Wildman–Crippen MR) is 58.8 cm³/mol. The number of hydrogen-bond acceptors (Lipinski definition) is 2. The molecule has 0 aliphatic rings. The second-order valence-corrected chi connectivity index (χ2v) is 3.23. The topological polar surface area (TPSA) is 38.9 Å². The summed E-state index contributed by atoms with van der Waals surface area (Å²) in [5.74, 6) is 6.24. The molecular weight excluding hydrogens is 172 g/mol. The quantitative estimate of drug-likeness (QED) is 0.581. The van der Waals surface area contributed by atoms with Crippen LogP contribution in [0.4, 0.5) is 0 Å². The monoisotopic (exact) mass is 188 g/mol. The highest BCUT2D eigenvalue weighted by atomic mass is 14.6. The summed E-state index contributed by atoms with van der Waals surface area (Å²) in [4.78, 5) is 4.11. The molecule has 0 spiro atoms. The van der Waals surface area contributed by atoms with E-state index < -0.39 is 0 Å². The van der Waals surface area contributed by atoms with Crippen molar-refractivity contribution in [2.45, 2.75) is 26.2 Å².